The van der Waals surface area contributed by atoms with Gasteiger partial charge in [-0.3, -0.25) is 9.48 Å². The SMILES string of the molecule is Cc1nn(CCC#N)c(C)c1CCC(=O)N1CCN(c2cc(C#N)ccn2)CC1. The van der Waals surface area contributed by atoms with Gasteiger partial charge >= 0.3 is 0 Å². The highest BCUT2D eigenvalue weighted by atomic mass is 16.2. The van der Waals surface area contributed by atoms with Crippen LogP contribution in [0.25, 0.3) is 0 Å². The lowest BCUT2D eigenvalue weighted by Crippen LogP contribution is -2.49. The van der Waals surface area contributed by atoms with Crippen molar-refractivity contribution in [2.45, 2.75) is 39.7 Å². The first-order chi connectivity index (χ1) is 14.0. The van der Waals surface area contributed by atoms with E-state index in [0.29, 0.717) is 57.5 Å². The first-order valence-electron chi connectivity index (χ1n) is 9.82. The molecular formula is C21H25N7O. The van der Waals surface area contributed by atoms with Crippen LogP contribution in [0, 0.1) is 36.5 Å². The normalized spacial score (nSPS) is 13.8. The van der Waals surface area contributed by atoms with E-state index in [1.54, 1.807) is 18.3 Å². The molecule has 1 amide bonds. The molecule has 0 aromatic carbocycles. The van der Waals surface area contributed by atoms with Gasteiger partial charge in [-0.1, -0.05) is 0 Å². The maximum Gasteiger partial charge on any atom is 0.223 e. The first-order valence-corrected chi connectivity index (χ1v) is 9.82. The predicted octanol–water partition coefficient (Wildman–Crippen LogP) is 1.96. The number of pyridine rings is 1. The zero-order valence-electron chi connectivity index (χ0n) is 16.9. The number of rotatable bonds is 6. The highest BCUT2D eigenvalue weighted by molar-refractivity contribution is 5.77. The van der Waals surface area contributed by atoms with Crippen molar-refractivity contribution in [1.82, 2.24) is 19.7 Å². The molecule has 0 bridgehead atoms. The van der Waals surface area contributed by atoms with E-state index in [1.165, 1.54) is 0 Å². The molecule has 2 aromatic heterocycles. The third kappa shape index (κ3) is 4.72. The summed E-state index contributed by atoms with van der Waals surface area (Å²) in [5.41, 5.74) is 3.67. The minimum absolute atomic E-state index is 0.145. The molecule has 1 saturated heterocycles. The van der Waals surface area contributed by atoms with Crippen molar-refractivity contribution in [3.63, 3.8) is 0 Å². The maximum absolute atomic E-state index is 12.7. The van der Waals surface area contributed by atoms with Gasteiger partial charge in [0.15, 0.2) is 0 Å². The fourth-order valence-electron chi connectivity index (χ4n) is 3.71. The highest BCUT2D eigenvalue weighted by Crippen LogP contribution is 2.18. The lowest BCUT2D eigenvalue weighted by molar-refractivity contribution is -0.131. The van der Waals surface area contributed by atoms with Crippen LogP contribution in [0.15, 0.2) is 18.3 Å². The van der Waals surface area contributed by atoms with E-state index >= 15 is 0 Å². The standard InChI is InChI=1S/C21H25N7O/c1-16-19(17(2)28(25-16)9-3-7-22)4-5-21(29)27-12-10-26(11-13-27)20-14-18(15-23)6-8-24-20/h6,8,14H,3-5,9-13H2,1-2H3. The van der Waals surface area contributed by atoms with Gasteiger partial charge in [0.2, 0.25) is 5.91 Å². The highest BCUT2D eigenvalue weighted by Gasteiger charge is 2.22. The molecule has 0 radical (unpaired) electrons. The van der Waals surface area contributed by atoms with Gasteiger partial charge in [0.05, 0.1) is 36.4 Å². The van der Waals surface area contributed by atoms with Gasteiger partial charge in [0.1, 0.15) is 5.82 Å². The number of piperazine rings is 1. The average Bonchev–Trinajstić information content (AvgIpc) is 3.03. The smallest absolute Gasteiger partial charge is 0.223 e. The third-order valence-corrected chi connectivity index (χ3v) is 5.39. The molecule has 0 aliphatic carbocycles. The number of hydrogen-bond donors (Lipinski definition) is 0. The number of amides is 1. The fraction of sp³-hybridized carbons (Fsp3) is 0.476. The summed E-state index contributed by atoms with van der Waals surface area (Å²) in [6, 6.07) is 7.75. The number of anilines is 1. The summed E-state index contributed by atoms with van der Waals surface area (Å²) in [6.45, 7) is 7.25. The third-order valence-electron chi connectivity index (χ3n) is 5.39. The van der Waals surface area contributed by atoms with Crippen LogP contribution >= 0.6 is 0 Å². The number of aromatic nitrogens is 3. The maximum atomic E-state index is 12.7. The van der Waals surface area contributed by atoms with E-state index in [1.807, 2.05) is 23.4 Å². The summed E-state index contributed by atoms with van der Waals surface area (Å²) < 4.78 is 1.86. The molecule has 1 aliphatic rings. The number of aryl methyl sites for hydroxylation is 2. The number of carbonyl (C=O) groups is 1. The van der Waals surface area contributed by atoms with Crippen LogP contribution in [0.1, 0.15) is 35.4 Å². The second kappa shape index (κ2) is 9.20. The largest absolute Gasteiger partial charge is 0.353 e. The molecule has 29 heavy (non-hydrogen) atoms. The molecule has 0 N–H and O–H groups in total. The summed E-state index contributed by atoms with van der Waals surface area (Å²) in [5, 5.41) is 22.3. The van der Waals surface area contributed by atoms with E-state index < -0.39 is 0 Å². The zero-order chi connectivity index (χ0) is 20.8. The molecule has 0 atom stereocenters. The number of hydrogen-bond acceptors (Lipinski definition) is 6. The molecular weight excluding hydrogens is 366 g/mol. The Hall–Kier alpha value is -3.39. The molecule has 2 aromatic rings. The second-order valence-electron chi connectivity index (χ2n) is 7.16. The minimum Gasteiger partial charge on any atom is -0.353 e. The lowest BCUT2D eigenvalue weighted by Gasteiger charge is -2.35. The molecule has 150 valence electrons. The van der Waals surface area contributed by atoms with Gasteiger partial charge in [-0.25, -0.2) is 4.98 Å². The Balaban J connectivity index is 1.53. The molecule has 8 heteroatoms. The predicted molar refractivity (Wildman–Crippen MR) is 108 cm³/mol. The summed E-state index contributed by atoms with van der Waals surface area (Å²) >= 11 is 0. The van der Waals surface area contributed by atoms with E-state index in [2.05, 4.69) is 27.1 Å². The molecule has 1 fully saturated rings. The fourth-order valence-corrected chi connectivity index (χ4v) is 3.71. The second-order valence-corrected chi connectivity index (χ2v) is 7.16. The molecule has 3 rings (SSSR count). The quantitative estimate of drug-likeness (QED) is 0.746. The Morgan fingerprint density at radius 2 is 1.97 bits per heavy atom. The van der Waals surface area contributed by atoms with Gasteiger partial charge in [-0.2, -0.15) is 15.6 Å². The molecule has 3 heterocycles. The van der Waals surface area contributed by atoms with Crippen LogP contribution in [0.3, 0.4) is 0 Å². The number of nitrogens with zero attached hydrogens (tertiary/aromatic N) is 7. The van der Waals surface area contributed by atoms with E-state index in [4.69, 9.17) is 10.5 Å². The molecule has 1 aliphatic heterocycles. The van der Waals surface area contributed by atoms with Gasteiger partial charge < -0.3 is 9.80 Å². The average molecular weight is 391 g/mol. The van der Waals surface area contributed by atoms with Crippen LogP contribution < -0.4 is 4.90 Å². The van der Waals surface area contributed by atoms with Gasteiger partial charge in [-0.15, -0.1) is 0 Å². The minimum atomic E-state index is 0.145. The summed E-state index contributed by atoms with van der Waals surface area (Å²) in [5.74, 6) is 0.930. The Labute approximate surface area is 171 Å². The van der Waals surface area contributed by atoms with Crippen LogP contribution in [0.4, 0.5) is 5.82 Å². The van der Waals surface area contributed by atoms with Crippen LogP contribution in [0.2, 0.25) is 0 Å². The summed E-state index contributed by atoms with van der Waals surface area (Å²) in [7, 11) is 0. The summed E-state index contributed by atoms with van der Waals surface area (Å²) in [4.78, 5) is 21.0. The first kappa shape index (κ1) is 20.3. The topological polar surface area (TPSA) is 102 Å². The van der Waals surface area contributed by atoms with E-state index in [0.717, 1.165) is 22.8 Å². The number of carbonyl (C=O) groups excluding carboxylic acids is 1. The molecule has 0 spiro atoms. The summed E-state index contributed by atoms with van der Waals surface area (Å²) in [6.07, 6.45) is 3.19. The van der Waals surface area contributed by atoms with Crippen molar-refractivity contribution in [3.05, 3.63) is 40.8 Å². The Bertz CT molecular complexity index is 958. The van der Waals surface area contributed by atoms with E-state index in [-0.39, 0.29) is 5.91 Å². The van der Waals surface area contributed by atoms with Crippen molar-refractivity contribution in [2.75, 3.05) is 31.1 Å². The van der Waals surface area contributed by atoms with Crippen LogP contribution in [-0.2, 0) is 17.8 Å². The molecule has 8 nitrogen and oxygen atoms in total. The van der Waals surface area contributed by atoms with Gasteiger partial charge in [-0.05, 0) is 38.0 Å². The monoisotopic (exact) mass is 391 g/mol. The van der Waals surface area contributed by atoms with Crippen molar-refractivity contribution in [1.29, 1.82) is 10.5 Å². The van der Waals surface area contributed by atoms with Crippen molar-refractivity contribution < 1.29 is 4.79 Å². The molecule has 0 saturated carbocycles. The van der Waals surface area contributed by atoms with Gasteiger partial charge in [0.25, 0.3) is 0 Å². The Kier molecular flexibility index (Phi) is 6.46. The van der Waals surface area contributed by atoms with Crippen molar-refractivity contribution in [3.8, 4) is 12.1 Å². The Morgan fingerprint density at radius 1 is 1.21 bits per heavy atom. The van der Waals surface area contributed by atoms with Gasteiger partial charge in [0, 0.05) is 44.5 Å². The van der Waals surface area contributed by atoms with Crippen molar-refractivity contribution >= 4 is 11.7 Å². The lowest BCUT2D eigenvalue weighted by atomic mass is 10.1. The van der Waals surface area contributed by atoms with Crippen molar-refractivity contribution in [2.24, 2.45) is 0 Å². The van der Waals surface area contributed by atoms with Crippen LogP contribution in [-0.4, -0.2) is 51.8 Å². The number of nitriles is 2. The zero-order valence-corrected chi connectivity index (χ0v) is 16.9. The van der Waals surface area contributed by atoms with Crippen LogP contribution in [0.5, 0.6) is 0 Å². The Morgan fingerprint density at radius 3 is 2.66 bits per heavy atom. The van der Waals surface area contributed by atoms with E-state index in [9.17, 15) is 4.79 Å². The molecule has 0 unspecified atom stereocenters.